The van der Waals surface area contributed by atoms with E-state index in [2.05, 4.69) is 31.9 Å². The van der Waals surface area contributed by atoms with Crippen LogP contribution in [0.3, 0.4) is 0 Å². The molecule has 7 nitrogen and oxygen atoms in total. The maximum atomic E-state index is 13.2. The predicted octanol–water partition coefficient (Wildman–Crippen LogP) is 8.04. The molecular formula is C33H27BrF3N3O4S. The minimum Gasteiger partial charge on any atom is -0.457 e. The van der Waals surface area contributed by atoms with Gasteiger partial charge >= 0.3 is 6.18 Å². The number of thiocarbonyl (C=S) groups is 1. The number of benzene rings is 4. The quantitative estimate of drug-likeness (QED) is 0.162. The molecule has 5 rings (SSSR count). The summed E-state index contributed by atoms with van der Waals surface area (Å²) in [5, 5.41) is 8.51. The van der Waals surface area contributed by atoms with Crippen LogP contribution in [-0.4, -0.2) is 29.6 Å². The number of halogens is 4. The van der Waals surface area contributed by atoms with Gasteiger partial charge in [0.05, 0.1) is 29.0 Å². The molecule has 2 unspecified atom stereocenters. The fraction of sp³-hybridized carbons (Fsp3) is 0.182. The Morgan fingerprint density at radius 1 is 0.889 bits per heavy atom. The van der Waals surface area contributed by atoms with Crippen molar-refractivity contribution in [1.29, 1.82) is 0 Å². The number of nitrogens with one attached hydrogen (secondary N) is 3. The van der Waals surface area contributed by atoms with Crippen molar-refractivity contribution < 1.29 is 32.2 Å². The Kier molecular flexibility index (Phi) is 10.2. The maximum Gasteiger partial charge on any atom is 0.416 e. The van der Waals surface area contributed by atoms with Gasteiger partial charge in [-0.05, 0) is 97.4 Å². The lowest BCUT2D eigenvalue weighted by atomic mass is 10.1. The van der Waals surface area contributed by atoms with Crippen LogP contribution in [0.25, 0.3) is 0 Å². The van der Waals surface area contributed by atoms with Gasteiger partial charge in [0.25, 0.3) is 11.8 Å². The van der Waals surface area contributed by atoms with Gasteiger partial charge in [0.2, 0.25) is 0 Å². The van der Waals surface area contributed by atoms with E-state index in [9.17, 15) is 22.8 Å². The molecule has 3 N–H and O–H groups in total. The van der Waals surface area contributed by atoms with Gasteiger partial charge in [-0.2, -0.15) is 13.2 Å². The molecule has 1 aliphatic rings. The van der Waals surface area contributed by atoms with E-state index in [-0.39, 0.29) is 41.4 Å². The van der Waals surface area contributed by atoms with E-state index in [0.717, 1.165) is 17.7 Å². The number of amides is 2. The molecule has 1 aliphatic heterocycles. The molecule has 2 atom stereocenters. The summed E-state index contributed by atoms with van der Waals surface area (Å²) < 4.78 is 51.3. The number of carbonyl (C=O) groups is 2. The average molecular weight is 699 g/mol. The Bertz CT molecular complexity index is 1690. The van der Waals surface area contributed by atoms with Crippen molar-refractivity contribution in [1.82, 2.24) is 10.6 Å². The Morgan fingerprint density at radius 3 is 2.38 bits per heavy atom. The van der Waals surface area contributed by atoms with Crippen molar-refractivity contribution in [3.05, 3.63) is 124 Å². The van der Waals surface area contributed by atoms with E-state index in [4.69, 9.17) is 21.7 Å². The zero-order valence-electron chi connectivity index (χ0n) is 23.6. The predicted molar refractivity (Wildman–Crippen MR) is 171 cm³/mol. The standard InChI is InChI=1S/C33H27BrF3N3O4S/c34-23-11-15-27(28(18-23)39-32(45)40-30(41)20-5-2-1-3-6-20)31(42)38-19-26-14-16-29(44-26)21-7-4-8-25(17-21)43-24-12-9-22(10-13-24)33(35,36)37/h1-13,15,17-18,26,29H,14,16,19H2,(H,38,42)(H2,39,40,41,45). The molecule has 12 heteroatoms. The van der Waals surface area contributed by atoms with E-state index < -0.39 is 11.7 Å². The fourth-order valence-corrected chi connectivity index (χ4v) is 5.33. The summed E-state index contributed by atoms with van der Waals surface area (Å²) in [5.74, 6) is 0.0369. The topological polar surface area (TPSA) is 88.7 Å². The molecule has 1 heterocycles. The van der Waals surface area contributed by atoms with Crippen LogP contribution >= 0.6 is 28.1 Å². The number of ether oxygens (including phenoxy) is 2. The Morgan fingerprint density at radius 2 is 1.64 bits per heavy atom. The molecule has 4 aromatic rings. The van der Waals surface area contributed by atoms with Gasteiger partial charge in [0.1, 0.15) is 11.5 Å². The van der Waals surface area contributed by atoms with Crippen molar-refractivity contribution in [3.8, 4) is 11.5 Å². The average Bonchev–Trinajstić information content (AvgIpc) is 3.50. The smallest absolute Gasteiger partial charge is 0.416 e. The molecule has 1 saturated heterocycles. The first-order chi connectivity index (χ1) is 21.5. The van der Waals surface area contributed by atoms with Crippen LogP contribution in [0, 0.1) is 0 Å². The summed E-state index contributed by atoms with van der Waals surface area (Å²) in [4.78, 5) is 25.6. The van der Waals surface area contributed by atoms with E-state index in [0.29, 0.717) is 39.9 Å². The van der Waals surface area contributed by atoms with Gasteiger partial charge in [-0.15, -0.1) is 0 Å². The van der Waals surface area contributed by atoms with Gasteiger partial charge in [0.15, 0.2) is 5.11 Å². The van der Waals surface area contributed by atoms with Crippen molar-refractivity contribution >= 4 is 50.8 Å². The Hall–Kier alpha value is -4.26. The number of anilines is 1. The monoisotopic (exact) mass is 697 g/mol. The first kappa shape index (κ1) is 32.1. The van der Waals surface area contributed by atoms with E-state index in [1.165, 1.54) is 12.1 Å². The van der Waals surface area contributed by atoms with E-state index in [1.807, 2.05) is 6.07 Å². The lowest BCUT2D eigenvalue weighted by Gasteiger charge is -2.17. The molecule has 0 radical (unpaired) electrons. The van der Waals surface area contributed by atoms with Crippen molar-refractivity contribution in [2.45, 2.75) is 31.2 Å². The summed E-state index contributed by atoms with van der Waals surface area (Å²) >= 11 is 8.72. The summed E-state index contributed by atoms with van der Waals surface area (Å²) in [5.41, 5.74) is 1.30. The van der Waals surface area contributed by atoms with Gasteiger partial charge in [0, 0.05) is 16.6 Å². The highest BCUT2D eigenvalue weighted by Gasteiger charge is 2.30. The van der Waals surface area contributed by atoms with Crippen molar-refractivity contribution in [3.63, 3.8) is 0 Å². The van der Waals surface area contributed by atoms with Crippen LogP contribution < -0.4 is 20.7 Å². The molecule has 0 aromatic heterocycles. The second-order valence-electron chi connectivity index (χ2n) is 10.2. The highest BCUT2D eigenvalue weighted by atomic mass is 79.9. The number of alkyl halides is 3. The summed E-state index contributed by atoms with van der Waals surface area (Å²) in [6, 6.07) is 25.4. The van der Waals surface area contributed by atoms with Crippen LogP contribution in [0.5, 0.6) is 11.5 Å². The number of hydrogen-bond acceptors (Lipinski definition) is 5. The third-order valence-corrected chi connectivity index (χ3v) is 7.68. The van der Waals surface area contributed by atoms with Gasteiger partial charge in [-0.25, -0.2) is 0 Å². The van der Waals surface area contributed by atoms with Crippen molar-refractivity contribution in [2.24, 2.45) is 0 Å². The second-order valence-corrected chi connectivity index (χ2v) is 11.5. The molecule has 232 valence electrons. The molecular weight excluding hydrogens is 671 g/mol. The lowest BCUT2D eigenvalue weighted by molar-refractivity contribution is -0.137. The van der Waals surface area contributed by atoms with E-state index >= 15 is 0 Å². The zero-order chi connectivity index (χ0) is 32.0. The van der Waals surface area contributed by atoms with Gasteiger partial charge in [-0.1, -0.05) is 46.3 Å². The molecule has 0 bridgehead atoms. The van der Waals surface area contributed by atoms with Crippen LogP contribution in [0.15, 0.2) is 102 Å². The molecule has 0 aliphatic carbocycles. The van der Waals surface area contributed by atoms with E-state index in [1.54, 1.807) is 66.7 Å². The second kappa shape index (κ2) is 14.2. The summed E-state index contributed by atoms with van der Waals surface area (Å²) in [6.45, 7) is 0.266. The van der Waals surface area contributed by atoms with Gasteiger partial charge in [-0.3, -0.25) is 14.9 Å². The molecule has 4 aromatic carbocycles. The van der Waals surface area contributed by atoms with Gasteiger partial charge < -0.3 is 20.1 Å². The van der Waals surface area contributed by atoms with Crippen LogP contribution in [0.4, 0.5) is 18.9 Å². The minimum atomic E-state index is -4.42. The lowest BCUT2D eigenvalue weighted by Crippen LogP contribution is -2.36. The summed E-state index contributed by atoms with van der Waals surface area (Å²) in [6.07, 6.45) is -3.48. The SMILES string of the molecule is O=C(NC(=S)Nc1cc(Br)ccc1C(=O)NCC1CCC(c2cccc(Oc3ccc(C(F)(F)F)cc3)c2)O1)c1ccccc1. The molecule has 0 saturated carbocycles. The number of carbonyl (C=O) groups excluding carboxylic acids is 2. The van der Waals surface area contributed by atoms with Crippen LogP contribution in [-0.2, 0) is 10.9 Å². The third kappa shape index (κ3) is 8.68. The largest absolute Gasteiger partial charge is 0.457 e. The number of rotatable bonds is 8. The summed E-state index contributed by atoms with van der Waals surface area (Å²) in [7, 11) is 0. The first-order valence-corrected chi connectivity index (χ1v) is 15.1. The normalized spacial score (nSPS) is 16.1. The highest BCUT2D eigenvalue weighted by Crippen LogP contribution is 2.36. The Balaban J connectivity index is 1.15. The van der Waals surface area contributed by atoms with Crippen molar-refractivity contribution in [2.75, 3.05) is 11.9 Å². The highest BCUT2D eigenvalue weighted by molar-refractivity contribution is 9.10. The fourth-order valence-electron chi connectivity index (χ4n) is 4.77. The molecule has 1 fully saturated rings. The maximum absolute atomic E-state index is 13.2. The van der Waals surface area contributed by atoms with Crippen LogP contribution in [0.1, 0.15) is 50.8 Å². The minimum absolute atomic E-state index is 0.0440. The molecule has 2 amide bonds. The first-order valence-electron chi connectivity index (χ1n) is 13.9. The zero-order valence-corrected chi connectivity index (χ0v) is 26.0. The van der Waals surface area contributed by atoms with Crippen LogP contribution in [0.2, 0.25) is 0 Å². The molecule has 0 spiro atoms. The number of hydrogen-bond donors (Lipinski definition) is 3. The Labute approximate surface area is 271 Å². The third-order valence-electron chi connectivity index (χ3n) is 6.98. The molecule has 45 heavy (non-hydrogen) atoms.